The van der Waals surface area contributed by atoms with Crippen LogP contribution >= 0.6 is 0 Å². The topological polar surface area (TPSA) is 61.8 Å². The van der Waals surface area contributed by atoms with E-state index in [0.29, 0.717) is 18.9 Å². The molecule has 0 radical (unpaired) electrons. The van der Waals surface area contributed by atoms with Crippen LogP contribution in [0.2, 0.25) is 0 Å². The van der Waals surface area contributed by atoms with Crippen LogP contribution in [0.15, 0.2) is 0 Å². The van der Waals surface area contributed by atoms with Gasteiger partial charge in [0, 0.05) is 12.3 Å². The molecule has 0 saturated carbocycles. The highest BCUT2D eigenvalue weighted by Gasteiger charge is 2.48. The minimum absolute atomic E-state index is 0.172. The van der Waals surface area contributed by atoms with E-state index in [9.17, 15) is 9.59 Å². The molecule has 0 aromatic heterocycles. The highest BCUT2D eigenvalue weighted by molar-refractivity contribution is 5.60. The van der Waals surface area contributed by atoms with E-state index in [2.05, 4.69) is 0 Å². The van der Waals surface area contributed by atoms with Crippen LogP contribution in [0.25, 0.3) is 0 Å². The van der Waals surface area contributed by atoms with E-state index in [1.54, 1.807) is 13.8 Å². The highest BCUT2D eigenvalue weighted by atomic mass is 16.7. The van der Waals surface area contributed by atoms with Gasteiger partial charge in [-0.2, -0.15) is 0 Å². The Morgan fingerprint density at radius 3 is 2.63 bits per heavy atom. The van der Waals surface area contributed by atoms with Crippen LogP contribution in [-0.2, 0) is 19.0 Å². The summed E-state index contributed by atoms with van der Waals surface area (Å²) in [4.78, 5) is 21.9. The molecule has 0 spiro atoms. The second kappa shape index (κ2) is 6.37. The van der Waals surface area contributed by atoms with Gasteiger partial charge in [0.2, 0.25) is 0 Å². The van der Waals surface area contributed by atoms with Gasteiger partial charge in [-0.3, -0.25) is 0 Å². The lowest BCUT2D eigenvalue weighted by Gasteiger charge is -2.27. The molecule has 2 fully saturated rings. The number of ether oxygens (including phenoxy) is 3. The normalized spacial score (nSPS) is 32.6. The highest BCUT2D eigenvalue weighted by Crippen LogP contribution is 2.45. The molecular weight excluding hydrogens is 248 g/mol. The number of carbonyl (C=O) groups excluding carboxylic acids is 2. The van der Waals surface area contributed by atoms with Crippen LogP contribution in [0.3, 0.4) is 0 Å². The van der Waals surface area contributed by atoms with Crippen LogP contribution in [0.5, 0.6) is 0 Å². The fourth-order valence-corrected chi connectivity index (χ4v) is 3.15. The summed E-state index contributed by atoms with van der Waals surface area (Å²) >= 11 is 0. The largest absolute Gasteiger partial charge is 0.508 e. The molecule has 2 rings (SSSR count). The van der Waals surface area contributed by atoms with E-state index in [4.69, 9.17) is 14.2 Å². The minimum Gasteiger partial charge on any atom is -0.434 e. The lowest BCUT2D eigenvalue weighted by molar-refractivity contribution is -0.108. The number of aldehydes is 1. The maximum atomic E-state index is 11.4. The lowest BCUT2D eigenvalue weighted by atomic mass is 9.77. The molecule has 0 unspecified atom stereocenters. The molecule has 2 saturated heterocycles. The summed E-state index contributed by atoms with van der Waals surface area (Å²) in [5, 5.41) is 0. The zero-order valence-electron chi connectivity index (χ0n) is 11.5. The maximum Gasteiger partial charge on any atom is 0.508 e. The van der Waals surface area contributed by atoms with Crippen LogP contribution in [0.1, 0.15) is 39.5 Å². The second-order valence-corrected chi connectivity index (χ2v) is 5.59. The van der Waals surface area contributed by atoms with Crippen molar-refractivity contribution in [2.45, 2.75) is 57.8 Å². The smallest absolute Gasteiger partial charge is 0.434 e. The standard InChI is InChI=1S/C14H22O5/c1-9(2)18-14(16)17-8-11-10(4-3-7-15)12-5-6-13(11)19-12/h7,9-13H,3-6,8H2,1-2H3/t10-,11+,12-,13+/m1/s1. The molecule has 2 aliphatic heterocycles. The Bertz CT molecular complexity index is 328. The van der Waals surface area contributed by atoms with E-state index in [-0.39, 0.29) is 24.2 Å². The van der Waals surface area contributed by atoms with Crippen molar-refractivity contribution in [3.63, 3.8) is 0 Å². The maximum absolute atomic E-state index is 11.4. The Balaban J connectivity index is 1.83. The molecule has 5 nitrogen and oxygen atoms in total. The molecule has 0 amide bonds. The minimum atomic E-state index is -0.619. The third-order valence-corrected chi connectivity index (χ3v) is 3.93. The van der Waals surface area contributed by atoms with Crippen molar-refractivity contribution in [3.8, 4) is 0 Å². The quantitative estimate of drug-likeness (QED) is 0.547. The zero-order valence-corrected chi connectivity index (χ0v) is 11.5. The van der Waals surface area contributed by atoms with Gasteiger partial charge in [-0.15, -0.1) is 0 Å². The first-order valence-electron chi connectivity index (χ1n) is 7.04. The molecule has 0 aliphatic carbocycles. The summed E-state index contributed by atoms with van der Waals surface area (Å²) in [5.41, 5.74) is 0. The summed E-state index contributed by atoms with van der Waals surface area (Å²) in [5.74, 6) is 0.536. The van der Waals surface area contributed by atoms with E-state index in [1.165, 1.54) is 0 Å². The molecular formula is C14H22O5. The molecule has 4 atom stereocenters. The van der Waals surface area contributed by atoms with Crippen LogP contribution in [-0.4, -0.2) is 37.4 Å². The number of carbonyl (C=O) groups is 2. The molecule has 2 heterocycles. The first-order valence-corrected chi connectivity index (χ1v) is 7.04. The third kappa shape index (κ3) is 3.47. The Labute approximate surface area is 113 Å². The van der Waals surface area contributed by atoms with Gasteiger partial charge >= 0.3 is 6.16 Å². The summed E-state index contributed by atoms with van der Waals surface area (Å²) in [6.07, 6.45) is 4.00. The van der Waals surface area contributed by atoms with Gasteiger partial charge in [0.05, 0.1) is 18.3 Å². The molecule has 2 aliphatic rings. The molecule has 108 valence electrons. The van der Waals surface area contributed by atoms with Crippen LogP contribution in [0, 0.1) is 11.8 Å². The van der Waals surface area contributed by atoms with Crippen molar-refractivity contribution in [3.05, 3.63) is 0 Å². The molecule has 5 heteroatoms. The predicted molar refractivity (Wildman–Crippen MR) is 67.7 cm³/mol. The Morgan fingerprint density at radius 1 is 1.32 bits per heavy atom. The van der Waals surface area contributed by atoms with Crippen molar-refractivity contribution in [1.29, 1.82) is 0 Å². The SMILES string of the molecule is CC(C)OC(=O)OC[C@H]1[C@@H](CCC=O)[C@H]2CC[C@@H]1O2. The van der Waals surface area contributed by atoms with Gasteiger partial charge in [0.25, 0.3) is 0 Å². The number of fused-ring (bicyclic) bond motifs is 2. The summed E-state index contributed by atoms with van der Waals surface area (Å²) < 4.78 is 16.0. The third-order valence-electron chi connectivity index (χ3n) is 3.93. The number of hydrogen-bond donors (Lipinski definition) is 0. The summed E-state index contributed by atoms with van der Waals surface area (Å²) in [7, 11) is 0. The van der Waals surface area contributed by atoms with Crippen molar-refractivity contribution in [1.82, 2.24) is 0 Å². The molecule has 19 heavy (non-hydrogen) atoms. The first kappa shape index (κ1) is 14.3. The Hall–Kier alpha value is -1.10. The average molecular weight is 270 g/mol. The Kier molecular flexibility index (Phi) is 4.80. The van der Waals surface area contributed by atoms with Crippen molar-refractivity contribution >= 4 is 12.4 Å². The van der Waals surface area contributed by atoms with Gasteiger partial charge < -0.3 is 19.0 Å². The zero-order chi connectivity index (χ0) is 13.8. The first-order chi connectivity index (χ1) is 9.11. The van der Waals surface area contributed by atoms with E-state index < -0.39 is 6.16 Å². The van der Waals surface area contributed by atoms with E-state index >= 15 is 0 Å². The fraction of sp³-hybridized carbons (Fsp3) is 0.857. The molecule has 0 N–H and O–H groups in total. The van der Waals surface area contributed by atoms with Crippen molar-refractivity contribution < 1.29 is 23.8 Å². The van der Waals surface area contributed by atoms with Crippen molar-refractivity contribution in [2.24, 2.45) is 11.8 Å². The summed E-state index contributed by atoms with van der Waals surface area (Å²) in [6.45, 7) is 3.90. The lowest BCUT2D eigenvalue weighted by Crippen LogP contribution is -2.32. The van der Waals surface area contributed by atoms with Gasteiger partial charge in [-0.05, 0) is 39.0 Å². The predicted octanol–water partition coefficient (Wildman–Crippen LogP) is 2.32. The molecule has 2 bridgehead atoms. The Morgan fingerprint density at radius 2 is 2.00 bits per heavy atom. The monoisotopic (exact) mass is 270 g/mol. The number of hydrogen-bond acceptors (Lipinski definition) is 5. The van der Waals surface area contributed by atoms with E-state index in [1.807, 2.05) is 0 Å². The van der Waals surface area contributed by atoms with Crippen LogP contribution < -0.4 is 0 Å². The fourth-order valence-electron chi connectivity index (χ4n) is 3.15. The van der Waals surface area contributed by atoms with Gasteiger partial charge in [-0.25, -0.2) is 4.79 Å². The van der Waals surface area contributed by atoms with Crippen LogP contribution in [0.4, 0.5) is 4.79 Å². The summed E-state index contributed by atoms with van der Waals surface area (Å²) in [6, 6.07) is 0. The molecule has 0 aromatic rings. The second-order valence-electron chi connectivity index (χ2n) is 5.59. The van der Waals surface area contributed by atoms with Gasteiger partial charge in [0.15, 0.2) is 0 Å². The number of rotatable bonds is 6. The molecule has 0 aromatic carbocycles. The van der Waals surface area contributed by atoms with Gasteiger partial charge in [0.1, 0.15) is 12.9 Å². The van der Waals surface area contributed by atoms with E-state index in [0.717, 1.165) is 25.5 Å². The van der Waals surface area contributed by atoms with Gasteiger partial charge in [-0.1, -0.05) is 0 Å². The van der Waals surface area contributed by atoms with Crippen molar-refractivity contribution in [2.75, 3.05) is 6.61 Å². The average Bonchev–Trinajstić information content (AvgIpc) is 2.93.